The highest BCUT2D eigenvalue weighted by atomic mass is 15.1. The van der Waals surface area contributed by atoms with Gasteiger partial charge in [-0.25, -0.2) is 0 Å². The van der Waals surface area contributed by atoms with Crippen molar-refractivity contribution in [1.29, 1.82) is 0 Å². The Kier molecular flexibility index (Phi) is 6.72. The number of hydrogen-bond donors (Lipinski definition) is 0. The van der Waals surface area contributed by atoms with Gasteiger partial charge in [0.2, 0.25) is 0 Å². The van der Waals surface area contributed by atoms with Crippen LogP contribution in [0.25, 0.3) is 60.5 Å². The molecule has 0 amide bonds. The van der Waals surface area contributed by atoms with Gasteiger partial charge in [-0.3, -0.25) is 0 Å². The quantitative estimate of drug-likeness (QED) is 0.175. The van der Waals surface area contributed by atoms with Gasteiger partial charge in [0.1, 0.15) is 0 Å². The summed E-state index contributed by atoms with van der Waals surface area (Å²) in [4.78, 5) is 2.47. The molecular weight excluding hydrogens is 689 g/mol. The highest BCUT2D eigenvalue weighted by Gasteiger charge is 2.52. The lowest BCUT2D eigenvalue weighted by Gasteiger charge is -2.33. The monoisotopic (exact) mass is 726 g/mol. The van der Waals surface area contributed by atoms with Gasteiger partial charge in [0, 0.05) is 27.5 Å². The molecule has 0 bridgehead atoms. The molecule has 10 aromatic rings. The number of fused-ring (bicyclic) bond motifs is 15. The lowest BCUT2D eigenvalue weighted by molar-refractivity contribution is 0.793. The van der Waals surface area contributed by atoms with E-state index in [1.807, 2.05) is 0 Å². The first-order chi connectivity index (χ1) is 28.1. The molecule has 0 saturated heterocycles. The van der Waals surface area contributed by atoms with Crippen molar-refractivity contribution in [2.75, 3.05) is 4.90 Å². The number of hydrogen-bond acceptors (Lipinski definition) is 1. The van der Waals surface area contributed by atoms with E-state index in [9.17, 15) is 0 Å². The lowest BCUT2D eigenvalue weighted by atomic mass is 9.70. The first kappa shape index (κ1) is 32.1. The standard InChI is InChI=1S/C55H38N2/c1-35-17-16-18-36(2)54(35)56(37-19-4-3-5-20-37)38-31-32-45-48(33-38)55(46-27-12-8-21-39(46)40-22-9-13-28-47(40)55)49-34-52(43-25-6-7-26-44(43)53(45)49)57-50-29-14-10-23-41(50)42-24-11-15-30-51(42)57/h3-34H,1-2H3. The number of anilines is 3. The van der Waals surface area contributed by atoms with Crippen LogP contribution in [0.1, 0.15) is 33.4 Å². The zero-order valence-corrected chi connectivity index (χ0v) is 31.9. The molecule has 1 heterocycles. The SMILES string of the molecule is Cc1cccc(C)c1N(c1ccccc1)c1ccc2c(c1)C1(c3ccccc3-c3ccccc31)c1cc(-n3c4ccccc4c4ccccc43)c3ccccc3c1-2. The zero-order chi connectivity index (χ0) is 37.8. The summed E-state index contributed by atoms with van der Waals surface area (Å²) in [5, 5.41) is 5.05. The second-order valence-corrected chi connectivity index (χ2v) is 15.7. The van der Waals surface area contributed by atoms with E-state index < -0.39 is 5.41 Å². The molecule has 2 nitrogen and oxygen atoms in total. The van der Waals surface area contributed by atoms with Crippen molar-refractivity contribution in [2.24, 2.45) is 0 Å². The molecule has 0 unspecified atom stereocenters. The number of rotatable bonds is 4. The van der Waals surface area contributed by atoms with Gasteiger partial charge in [-0.1, -0.05) is 152 Å². The molecule has 2 heteroatoms. The van der Waals surface area contributed by atoms with Crippen molar-refractivity contribution < 1.29 is 0 Å². The molecule has 0 fully saturated rings. The molecule has 2 aliphatic rings. The largest absolute Gasteiger partial charge is 0.310 e. The van der Waals surface area contributed by atoms with Gasteiger partial charge < -0.3 is 9.47 Å². The summed E-state index contributed by atoms with van der Waals surface area (Å²) >= 11 is 0. The van der Waals surface area contributed by atoms with Crippen LogP contribution in [0, 0.1) is 13.8 Å². The van der Waals surface area contributed by atoms with Crippen molar-refractivity contribution in [1.82, 2.24) is 4.57 Å². The summed E-state index contributed by atoms with van der Waals surface area (Å²) in [6, 6.07) is 72.4. The van der Waals surface area contributed by atoms with E-state index in [2.05, 4.69) is 217 Å². The van der Waals surface area contributed by atoms with Crippen LogP contribution in [-0.4, -0.2) is 4.57 Å². The molecule has 268 valence electrons. The highest BCUT2D eigenvalue weighted by molar-refractivity contribution is 6.14. The van der Waals surface area contributed by atoms with Gasteiger partial charge in [-0.15, -0.1) is 0 Å². The van der Waals surface area contributed by atoms with Crippen LogP contribution in [0.4, 0.5) is 17.1 Å². The number of para-hydroxylation sites is 4. The molecule has 0 atom stereocenters. The molecular formula is C55H38N2. The summed E-state index contributed by atoms with van der Waals surface area (Å²) in [5.41, 5.74) is 19.7. The van der Waals surface area contributed by atoms with Crippen molar-refractivity contribution in [2.45, 2.75) is 19.3 Å². The van der Waals surface area contributed by atoms with Crippen LogP contribution < -0.4 is 4.90 Å². The number of nitrogens with zero attached hydrogens (tertiary/aromatic N) is 2. The fourth-order valence-corrected chi connectivity index (χ4v) is 10.6. The van der Waals surface area contributed by atoms with Crippen LogP contribution >= 0.6 is 0 Å². The van der Waals surface area contributed by atoms with Crippen molar-refractivity contribution in [3.63, 3.8) is 0 Å². The Morgan fingerprint density at radius 2 is 0.930 bits per heavy atom. The Bertz CT molecular complexity index is 3160. The third-order valence-corrected chi connectivity index (χ3v) is 12.8. The predicted octanol–water partition coefficient (Wildman–Crippen LogP) is 14.4. The van der Waals surface area contributed by atoms with E-state index >= 15 is 0 Å². The summed E-state index contributed by atoms with van der Waals surface area (Å²) in [5.74, 6) is 0. The Labute approximate surface area is 332 Å². The highest BCUT2D eigenvalue weighted by Crippen LogP contribution is 2.65. The van der Waals surface area contributed by atoms with E-state index in [1.165, 1.54) is 99.6 Å². The molecule has 0 N–H and O–H groups in total. The van der Waals surface area contributed by atoms with Crippen LogP contribution in [0.3, 0.4) is 0 Å². The second kappa shape index (κ2) is 11.9. The zero-order valence-electron chi connectivity index (χ0n) is 31.9. The van der Waals surface area contributed by atoms with E-state index in [1.54, 1.807) is 0 Å². The maximum absolute atomic E-state index is 2.55. The minimum atomic E-state index is -0.547. The Hall–Kier alpha value is -7.16. The number of aryl methyl sites for hydroxylation is 2. The maximum atomic E-state index is 2.55. The van der Waals surface area contributed by atoms with Gasteiger partial charge in [0.05, 0.1) is 27.8 Å². The van der Waals surface area contributed by atoms with E-state index in [0.717, 1.165) is 11.4 Å². The van der Waals surface area contributed by atoms with E-state index in [-0.39, 0.29) is 0 Å². The van der Waals surface area contributed by atoms with Crippen LogP contribution in [0.2, 0.25) is 0 Å². The third-order valence-electron chi connectivity index (χ3n) is 12.8. The van der Waals surface area contributed by atoms with Gasteiger partial charge in [-0.2, -0.15) is 0 Å². The first-order valence-corrected chi connectivity index (χ1v) is 19.9. The van der Waals surface area contributed by atoms with Gasteiger partial charge in [-0.05, 0) is 117 Å². The predicted molar refractivity (Wildman–Crippen MR) is 239 cm³/mol. The van der Waals surface area contributed by atoms with Crippen LogP contribution in [0.15, 0.2) is 194 Å². The van der Waals surface area contributed by atoms with E-state index in [4.69, 9.17) is 0 Å². The molecule has 2 aliphatic carbocycles. The Balaban J connectivity index is 1.24. The minimum Gasteiger partial charge on any atom is -0.310 e. The van der Waals surface area contributed by atoms with Crippen molar-refractivity contribution in [3.05, 3.63) is 228 Å². The third kappa shape index (κ3) is 4.25. The molecule has 9 aromatic carbocycles. The minimum absolute atomic E-state index is 0.547. The fraction of sp³-hybridized carbons (Fsp3) is 0.0545. The average Bonchev–Trinajstić information content (AvgIpc) is 3.87. The summed E-state index contributed by atoms with van der Waals surface area (Å²) in [6.45, 7) is 4.46. The maximum Gasteiger partial charge on any atom is 0.0727 e. The smallest absolute Gasteiger partial charge is 0.0727 e. The summed E-state index contributed by atoms with van der Waals surface area (Å²) in [7, 11) is 0. The van der Waals surface area contributed by atoms with Crippen LogP contribution in [0.5, 0.6) is 0 Å². The lowest BCUT2D eigenvalue weighted by Crippen LogP contribution is -2.26. The Morgan fingerprint density at radius 1 is 0.386 bits per heavy atom. The second-order valence-electron chi connectivity index (χ2n) is 15.7. The molecule has 1 aromatic heterocycles. The molecule has 0 radical (unpaired) electrons. The number of benzene rings is 9. The average molecular weight is 727 g/mol. The molecule has 12 rings (SSSR count). The van der Waals surface area contributed by atoms with Gasteiger partial charge in [0.25, 0.3) is 0 Å². The molecule has 0 saturated carbocycles. The van der Waals surface area contributed by atoms with Crippen molar-refractivity contribution >= 4 is 49.6 Å². The fourth-order valence-electron chi connectivity index (χ4n) is 10.6. The van der Waals surface area contributed by atoms with E-state index in [0.29, 0.717) is 0 Å². The van der Waals surface area contributed by atoms with Crippen LogP contribution in [-0.2, 0) is 5.41 Å². The molecule has 57 heavy (non-hydrogen) atoms. The summed E-state index contributed by atoms with van der Waals surface area (Å²) in [6.07, 6.45) is 0. The number of aromatic nitrogens is 1. The molecule has 1 spiro atoms. The Morgan fingerprint density at radius 3 is 1.58 bits per heavy atom. The van der Waals surface area contributed by atoms with Crippen molar-refractivity contribution in [3.8, 4) is 27.9 Å². The topological polar surface area (TPSA) is 8.17 Å². The van der Waals surface area contributed by atoms with Gasteiger partial charge >= 0.3 is 0 Å². The molecule has 0 aliphatic heterocycles. The van der Waals surface area contributed by atoms with Gasteiger partial charge in [0.15, 0.2) is 0 Å². The first-order valence-electron chi connectivity index (χ1n) is 19.9. The summed E-state index contributed by atoms with van der Waals surface area (Å²) < 4.78 is 2.51. The normalized spacial score (nSPS) is 13.2.